The second kappa shape index (κ2) is 5.31. The van der Waals surface area contributed by atoms with Gasteiger partial charge in [-0.2, -0.15) is 4.98 Å². The zero-order valence-corrected chi connectivity index (χ0v) is 11.5. The van der Waals surface area contributed by atoms with Crippen LogP contribution < -0.4 is 10.5 Å². The van der Waals surface area contributed by atoms with Gasteiger partial charge in [-0.3, -0.25) is 5.41 Å². The first kappa shape index (κ1) is 13.4. The molecule has 0 fully saturated rings. The lowest BCUT2D eigenvalue weighted by molar-refractivity contribution is 0.436. The molecule has 1 heterocycles. The van der Waals surface area contributed by atoms with Crippen molar-refractivity contribution in [2.45, 2.75) is 6.92 Å². The van der Waals surface area contributed by atoms with Crippen molar-refractivity contribution in [2.75, 3.05) is 0 Å². The molecule has 0 saturated carbocycles. The molecule has 0 radical (unpaired) electrons. The van der Waals surface area contributed by atoms with Gasteiger partial charge < -0.3 is 10.5 Å². The monoisotopic (exact) mass is 324 g/mol. The fraction of sp³-hybridized carbons (Fsp3) is 0.0833. The summed E-state index contributed by atoms with van der Waals surface area (Å²) in [7, 11) is 0. The summed E-state index contributed by atoms with van der Waals surface area (Å²) in [6.45, 7) is 1.74. The molecule has 0 saturated heterocycles. The Labute approximate surface area is 117 Å². The molecule has 2 rings (SSSR count). The molecule has 1 aromatic heterocycles. The van der Waals surface area contributed by atoms with Gasteiger partial charge in [-0.05, 0) is 47.1 Å². The highest BCUT2D eigenvalue weighted by molar-refractivity contribution is 9.10. The van der Waals surface area contributed by atoms with E-state index < -0.39 is 0 Å². The maximum absolute atomic E-state index is 13.0. The fourth-order valence-electron chi connectivity index (χ4n) is 1.38. The molecule has 0 atom stereocenters. The highest BCUT2D eigenvalue weighted by Gasteiger charge is 2.09. The SMILES string of the molecule is Cc1cc(C(=N)N)nc(Oc2ccc(F)cc2Br)n1. The topological polar surface area (TPSA) is 84.9 Å². The zero-order chi connectivity index (χ0) is 14.0. The summed E-state index contributed by atoms with van der Waals surface area (Å²) in [6, 6.07) is 5.63. The Hall–Kier alpha value is -2.02. The number of nitrogens with one attached hydrogen (secondary N) is 1. The number of rotatable bonds is 3. The van der Waals surface area contributed by atoms with Gasteiger partial charge >= 0.3 is 6.01 Å². The van der Waals surface area contributed by atoms with Crippen LogP contribution >= 0.6 is 15.9 Å². The third-order valence-corrected chi connectivity index (χ3v) is 2.82. The van der Waals surface area contributed by atoms with E-state index in [0.29, 0.717) is 15.9 Å². The van der Waals surface area contributed by atoms with Crippen LogP contribution in [0.15, 0.2) is 28.7 Å². The third kappa shape index (κ3) is 3.25. The molecule has 0 unspecified atom stereocenters. The molecule has 1 aromatic carbocycles. The van der Waals surface area contributed by atoms with Crippen molar-refractivity contribution in [1.82, 2.24) is 9.97 Å². The molecule has 0 amide bonds. The number of nitrogens with zero attached hydrogens (tertiary/aromatic N) is 2. The number of hydrogen-bond donors (Lipinski definition) is 2. The summed E-state index contributed by atoms with van der Waals surface area (Å²) in [4.78, 5) is 8.07. The molecular weight excluding hydrogens is 315 g/mol. The average Bonchev–Trinajstić information content (AvgIpc) is 2.32. The molecule has 19 heavy (non-hydrogen) atoms. The highest BCUT2D eigenvalue weighted by atomic mass is 79.9. The number of aryl methyl sites for hydroxylation is 1. The molecule has 0 aliphatic rings. The number of nitrogens with two attached hydrogens (primary N) is 1. The van der Waals surface area contributed by atoms with E-state index in [1.54, 1.807) is 13.0 Å². The average molecular weight is 325 g/mol. The lowest BCUT2D eigenvalue weighted by Gasteiger charge is -2.08. The van der Waals surface area contributed by atoms with E-state index in [1.807, 2.05) is 0 Å². The minimum absolute atomic E-state index is 0.0532. The second-order valence-electron chi connectivity index (χ2n) is 3.77. The number of halogens is 2. The molecule has 98 valence electrons. The van der Waals surface area contributed by atoms with Crippen LogP contribution in [0.5, 0.6) is 11.8 Å². The van der Waals surface area contributed by atoms with Crippen molar-refractivity contribution in [3.05, 3.63) is 45.9 Å². The summed E-state index contributed by atoms with van der Waals surface area (Å²) >= 11 is 3.18. The van der Waals surface area contributed by atoms with Crippen molar-refractivity contribution in [3.63, 3.8) is 0 Å². The largest absolute Gasteiger partial charge is 0.423 e. The van der Waals surface area contributed by atoms with E-state index >= 15 is 0 Å². The Kier molecular flexibility index (Phi) is 3.75. The molecule has 0 aliphatic carbocycles. The summed E-state index contributed by atoms with van der Waals surface area (Å²) in [5.74, 6) is -0.177. The maximum Gasteiger partial charge on any atom is 0.322 e. The quantitative estimate of drug-likeness (QED) is 0.671. The standard InChI is InChI=1S/C12H10BrFN4O/c1-6-4-9(11(15)16)18-12(17-6)19-10-3-2-7(14)5-8(10)13/h2-5H,1H3,(H3,15,16). The summed E-state index contributed by atoms with van der Waals surface area (Å²) < 4.78 is 18.9. The van der Waals surface area contributed by atoms with E-state index in [0.717, 1.165) is 0 Å². The van der Waals surface area contributed by atoms with Crippen molar-refractivity contribution in [1.29, 1.82) is 5.41 Å². The van der Waals surface area contributed by atoms with Gasteiger partial charge in [0.25, 0.3) is 0 Å². The summed E-state index contributed by atoms with van der Waals surface area (Å²) in [6.07, 6.45) is 0. The normalized spacial score (nSPS) is 10.3. The van der Waals surface area contributed by atoms with Crippen LogP contribution in [0.2, 0.25) is 0 Å². The van der Waals surface area contributed by atoms with E-state index in [1.165, 1.54) is 18.2 Å². The predicted octanol–water partition coefficient (Wildman–Crippen LogP) is 2.76. The van der Waals surface area contributed by atoms with Gasteiger partial charge in [-0.1, -0.05) is 0 Å². The van der Waals surface area contributed by atoms with Gasteiger partial charge in [0.15, 0.2) is 0 Å². The van der Waals surface area contributed by atoms with Gasteiger partial charge in [-0.25, -0.2) is 9.37 Å². The highest BCUT2D eigenvalue weighted by Crippen LogP contribution is 2.28. The first-order chi connectivity index (χ1) is 8.95. The van der Waals surface area contributed by atoms with Crippen LogP contribution in [0.1, 0.15) is 11.4 Å². The Balaban J connectivity index is 2.35. The van der Waals surface area contributed by atoms with Crippen LogP contribution in [-0.4, -0.2) is 15.8 Å². The third-order valence-electron chi connectivity index (χ3n) is 2.20. The van der Waals surface area contributed by atoms with Crippen LogP contribution in [0, 0.1) is 18.2 Å². The van der Waals surface area contributed by atoms with Gasteiger partial charge in [0, 0.05) is 5.69 Å². The Morgan fingerprint density at radius 3 is 2.74 bits per heavy atom. The van der Waals surface area contributed by atoms with Gasteiger partial charge in [0.2, 0.25) is 0 Å². The van der Waals surface area contributed by atoms with E-state index in [9.17, 15) is 4.39 Å². The van der Waals surface area contributed by atoms with Crippen LogP contribution in [0.3, 0.4) is 0 Å². The second-order valence-corrected chi connectivity index (χ2v) is 4.62. The van der Waals surface area contributed by atoms with Gasteiger partial charge in [0.05, 0.1) is 4.47 Å². The van der Waals surface area contributed by atoms with E-state index in [2.05, 4.69) is 25.9 Å². The number of hydrogen-bond acceptors (Lipinski definition) is 4. The molecule has 5 nitrogen and oxygen atoms in total. The van der Waals surface area contributed by atoms with Crippen molar-refractivity contribution in [2.24, 2.45) is 5.73 Å². The van der Waals surface area contributed by atoms with Crippen molar-refractivity contribution < 1.29 is 9.13 Å². The number of aromatic nitrogens is 2. The number of amidine groups is 1. The van der Waals surface area contributed by atoms with Crippen LogP contribution in [-0.2, 0) is 0 Å². The lowest BCUT2D eigenvalue weighted by Crippen LogP contribution is -2.14. The fourth-order valence-corrected chi connectivity index (χ4v) is 1.81. The zero-order valence-electron chi connectivity index (χ0n) is 9.95. The first-order valence-electron chi connectivity index (χ1n) is 5.28. The molecule has 0 spiro atoms. The Morgan fingerprint density at radius 1 is 1.37 bits per heavy atom. The Bertz CT molecular complexity index is 648. The first-order valence-corrected chi connectivity index (χ1v) is 6.08. The maximum atomic E-state index is 13.0. The van der Waals surface area contributed by atoms with Crippen LogP contribution in [0.4, 0.5) is 4.39 Å². The number of benzene rings is 1. The van der Waals surface area contributed by atoms with E-state index in [-0.39, 0.29) is 23.4 Å². The summed E-state index contributed by atoms with van der Waals surface area (Å²) in [5.41, 5.74) is 6.27. The van der Waals surface area contributed by atoms with Crippen molar-refractivity contribution in [3.8, 4) is 11.8 Å². The molecule has 3 N–H and O–H groups in total. The van der Waals surface area contributed by atoms with E-state index in [4.69, 9.17) is 15.9 Å². The minimum Gasteiger partial charge on any atom is -0.423 e. The number of ether oxygens (including phenoxy) is 1. The summed E-state index contributed by atoms with van der Waals surface area (Å²) in [5, 5.41) is 7.35. The Morgan fingerprint density at radius 2 is 2.11 bits per heavy atom. The molecule has 0 aliphatic heterocycles. The molecule has 0 bridgehead atoms. The minimum atomic E-state index is -0.381. The lowest BCUT2D eigenvalue weighted by atomic mass is 10.3. The van der Waals surface area contributed by atoms with Gasteiger partial charge in [-0.15, -0.1) is 0 Å². The smallest absolute Gasteiger partial charge is 0.322 e. The molecule has 7 heteroatoms. The van der Waals surface area contributed by atoms with Crippen LogP contribution in [0.25, 0.3) is 0 Å². The van der Waals surface area contributed by atoms with Gasteiger partial charge in [0.1, 0.15) is 23.1 Å². The molecular formula is C12H10BrFN4O. The molecule has 2 aromatic rings. The van der Waals surface area contributed by atoms with Crippen molar-refractivity contribution >= 4 is 21.8 Å². The predicted molar refractivity (Wildman–Crippen MR) is 72.0 cm³/mol. The number of nitrogen functional groups attached to an aromatic ring is 1.